The van der Waals surface area contributed by atoms with E-state index in [9.17, 15) is 0 Å². The van der Waals surface area contributed by atoms with Crippen molar-refractivity contribution in [2.24, 2.45) is 0 Å². The predicted octanol–water partition coefficient (Wildman–Crippen LogP) is 2.53. The molecule has 82 valence electrons. The highest BCUT2D eigenvalue weighted by molar-refractivity contribution is 6.31. The van der Waals surface area contributed by atoms with Gasteiger partial charge in [-0.05, 0) is 37.1 Å². The molecule has 1 aromatic rings. The molecule has 15 heavy (non-hydrogen) atoms. The minimum Gasteiger partial charge on any atom is -0.372 e. The summed E-state index contributed by atoms with van der Waals surface area (Å²) >= 11 is 6.12. The third kappa shape index (κ3) is 2.94. The van der Waals surface area contributed by atoms with Crippen molar-refractivity contribution in [3.8, 4) is 0 Å². The van der Waals surface area contributed by atoms with Crippen LogP contribution in [0.15, 0.2) is 18.2 Å². The molecule has 1 aromatic carbocycles. The average Bonchev–Trinajstić information content (AvgIpc) is 2.69. The van der Waals surface area contributed by atoms with E-state index in [2.05, 4.69) is 11.4 Å². The molecule has 2 rings (SSSR count). The minimum absolute atomic E-state index is 0.349. The van der Waals surface area contributed by atoms with Crippen molar-refractivity contribution in [2.75, 3.05) is 13.1 Å². The molecule has 1 saturated heterocycles. The van der Waals surface area contributed by atoms with Crippen LogP contribution in [0.25, 0.3) is 0 Å². The zero-order valence-corrected chi connectivity index (χ0v) is 9.68. The van der Waals surface area contributed by atoms with Crippen LogP contribution in [0.4, 0.5) is 0 Å². The largest absolute Gasteiger partial charge is 0.372 e. The fraction of sp³-hybridized carbons (Fsp3) is 0.500. The maximum absolute atomic E-state index is 6.12. The van der Waals surface area contributed by atoms with E-state index < -0.39 is 0 Å². The molecule has 1 heterocycles. The molecule has 0 bridgehead atoms. The van der Waals surface area contributed by atoms with E-state index in [4.69, 9.17) is 16.3 Å². The average molecular weight is 226 g/mol. The van der Waals surface area contributed by atoms with Crippen molar-refractivity contribution in [1.29, 1.82) is 0 Å². The van der Waals surface area contributed by atoms with Gasteiger partial charge in [-0.15, -0.1) is 0 Å². The lowest BCUT2D eigenvalue weighted by Gasteiger charge is -2.11. The topological polar surface area (TPSA) is 21.3 Å². The standard InChI is InChI=1S/C12H16ClNO/c1-9-2-3-10(12(13)6-9)8-15-11-4-5-14-7-11/h2-3,6,11,14H,4-5,7-8H2,1H3. The van der Waals surface area contributed by atoms with E-state index >= 15 is 0 Å². The van der Waals surface area contributed by atoms with Crippen molar-refractivity contribution < 1.29 is 4.74 Å². The molecule has 0 aromatic heterocycles. The Labute approximate surface area is 95.6 Å². The fourth-order valence-electron chi connectivity index (χ4n) is 1.75. The van der Waals surface area contributed by atoms with Crippen LogP contribution in [0.3, 0.4) is 0 Å². The van der Waals surface area contributed by atoms with Crippen LogP contribution in [-0.4, -0.2) is 19.2 Å². The lowest BCUT2D eigenvalue weighted by Crippen LogP contribution is -2.16. The molecule has 0 spiro atoms. The van der Waals surface area contributed by atoms with Crippen molar-refractivity contribution in [3.63, 3.8) is 0 Å². The van der Waals surface area contributed by atoms with Crippen LogP contribution < -0.4 is 5.32 Å². The third-order valence-corrected chi connectivity index (χ3v) is 3.05. The first-order valence-corrected chi connectivity index (χ1v) is 5.71. The lowest BCUT2D eigenvalue weighted by atomic mass is 10.1. The molecule has 1 atom stereocenters. The van der Waals surface area contributed by atoms with Crippen LogP contribution in [0.2, 0.25) is 5.02 Å². The molecule has 1 aliphatic heterocycles. The molecule has 1 fully saturated rings. The molecule has 0 aliphatic carbocycles. The summed E-state index contributed by atoms with van der Waals surface area (Å²) in [5.41, 5.74) is 2.26. The van der Waals surface area contributed by atoms with E-state index in [-0.39, 0.29) is 0 Å². The van der Waals surface area contributed by atoms with Crippen LogP contribution in [0, 0.1) is 6.92 Å². The summed E-state index contributed by atoms with van der Waals surface area (Å²) in [6.45, 7) is 4.68. The molecule has 0 radical (unpaired) electrons. The quantitative estimate of drug-likeness (QED) is 0.854. The Morgan fingerprint density at radius 3 is 3.07 bits per heavy atom. The second-order valence-corrected chi connectivity index (χ2v) is 4.43. The summed E-state index contributed by atoms with van der Waals surface area (Å²) in [7, 11) is 0. The highest BCUT2D eigenvalue weighted by Crippen LogP contribution is 2.19. The summed E-state index contributed by atoms with van der Waals surface area (Å²) < 4.78 is 5.76. The van der Waals surface area contributed by atoms with Gasteiger partial charge in [0, 0.05) is 11.6 Å². The van der Waals surface area contributed by atoms with Gasteiger partial charge in [-0.3, -0.25) is 0 Å². The number of ether oxygens (including phenoxy) is 1. The maximum atomic E-state index is 6.12. The molecular formula is C12H16ClNO. The first-order chi connectivity index (χ1) is 7.25. The monoisotopic (exact) mass is 225 g/mol. The molecule has 1 aliphatic rings. The van der Waals surface area contributed by atoms with Gasteiger partial charge in [0.2, 0.25) is 0 Å². The number of rotatable bonds is 3. The summed E-state index contributed by atoms with van der Waals surface area (Å²) in [6, 6.07) is 6.09. The van der Waals surface area contributed by atoms with Crippen LogP contribution in [0.1, 0.15) is 17.5 Å². The highest BCUT2D eigenvalue weighted by atomic mass is 35.5. The molecule has 1 unspecified atom stereocenters. The SMILES string of the molecule is Cc1ccc(COC2CCNC2)c(Cl)c1. The van der Waals surface area contributed by atoms with Crippen molar-refractivity contribution in [2.45, 2.75) is 26.1 Å². The van der Waals surface area contributed by atoms with Crippen LogP contribution in [0.5, 0.6) is 0 Å². The Kier molecular flexibility index (Phi) is 3.62. The normalized spacial score (nSPS) is 20.8. The first-order valence-electron chi connectivity index (χ1n) is 5.33. The Balaban J connectivity index is 1.92. The van der Waals surface area contributed by atoms with Crippen molar-refractivity contribution >= 4 is 11.6 Å². The Morgan fingerprint density at radius 2 is 2.40 bits per heavy atom. The van der Waals surface area contributed by atoms with E-state index in [1.54, 1.807) is 0 Å². The Morgan fingerprint density at radius 1 is 1.53 bits per heavy atom. The third-order valence-electron chi connectivity index (χ3n) is 2.70. The minimum atomic E-state index is 0.349. The fourth-order valence-corrected chi connectivity index (χ4v) is 2.04. The zero-order valence-electron chi connectivity index (χ0n) is 8.92. The van der Waals surface area contributed by atoms with E-state index in [0.717, 1.165) is 30.1 Å². The van der Waals surface area contributed by atoms with Gasteiger partial charge < -0.3 is 10.1 Å². The number of hydrogen-bond donors (Lipinski definition) is 1. The van der Waals surface area contributed by atoms with Gasteiger partial charge in [-0.1, -0.05) is 23.7 Å². The van der Waals surface area contributed by atoms with E-state index in [1.807, 2.05) is 19.1 Å². The molecule has 0 amide bonds. The molecule has 1 N–H and O–H groups in total. The Bertz CT molecular complexity index is 334. The smallest absolute Gasteiger partial charge is 0.0735 e. The van der Waals surface area contributed by atoms with Crippen molar-refractivity contribution in [3.05, 3.63) is 34.3 Å². The van der Waals surface area contributed by atoms with Gasteiger partial charge >= 0.3 is 0 Å². The molecular weight excluding hydrogens is 210 g/mol. The molecule has 0 saturated carbocycles. The van der Waals surface area contributed by atoms with Gasteiger partial charge in [0.1, 0.15) is 0 Å². The first kappa shape index (κ1) is 10.9. The number of halogens is 1. The van der Waals surface area contributed by atoms with Gasteiger partial charge in [-0.25, -0.2) is 0 Å². The summed E-state index contributed by atoms with van der Waals surface area (Å²) in [5.74, 6) is 0. The molecule has 3 heteroatoms. The number of aryl methyl sites for hydroxylation is 1. The predicted molar refractivity (Wildman–Crippen MR) is 62.3 cm³/mol. The van der Waals surface area contributed by atoms with Crippen LogP contribution in [-0.2, 0) is 11.3 Å². The van der Waals surface area contributed by atoms with E-state index in [0.29, 0.717) is 12.7 Å². The Hall–Kier alpha value is -0.570. The maximum Gasteiger partial charge on any atom is 0.0735 e. The highest BCUT2D eigenvalue weighted by Gasteiger charge is 2.14. The summed E-state index contributed by atoms with van der Waals surface area (Å²) in [4.78, 5) is 0. The van der Waals surface area contributed by atoms with Gasteiger partial charge in [-0.2, -0.15) is 0 Å². The van der Waals surface area contributed by atoms with Crippen LogP contribution >= 0.6 is 11.6 Å². The van der Waals surface area contributed by atoms with Gasteiger partial charge in [0.25, 0.3) is 0 Å². The summed E-state index contributed by atoms with van der Waals surface area (Å²) in [6.07, 6.45) is 1.45. The number of nitrogens with one attached hydrogen (secondary N) is 1. The number of benzene rings is 1. The zero-order chi connectivity index (χ0) is 10.7. The van der Waals surface area contributed by atoms with E-state index in [1.165, 1.54) is 5.56 Å². The second-order valence-electron chi connectivity index (χ2n) is 4.02. The van der Waals surface area contributed by atoms with Crippen molar-refractivity contribution in [1.82, 2.24) is 5.32 Å². The lowest BCUT2D eigenvalue weighted by molar-refractivity contribution is 0.0543. The molecule has 2 nitrogen and oxygen atoms in total. The second kappa shape index (κ2) is 4.97. The van der Waals surface area contributed by atoms with Gasteiger partial charge in [0.05, 0.1) is 12.7 Å². The number of hydrogen-bond acceptors (Lipinski definition) is 2. The summed E-state index contributed by atoms with van der Waals surface area (Å²) in [5, 5.41) is 4.08. The van der Waals surface area contributed by atoms with Gasteiger partial charge in [0.15, 0.2) is 0 Å².